The first-order chi connectivity index (χ1) is 16.2. The van der Waals surface area contributed by atoms with Crippen LogP contribution in [0, 0.1) is 0 Å². The van der Waals surface area contributed by atoms with Crippen LogP contribution in [0.1, 0.15) is 12.5 Å². The first-order valence-electron chi connectivity index (χ1n) is 10.6. The second-order valence-corrected chi connectivity index (χ2v) is 7.42. The van der Waals surface area contributed by atoms with Crippen molar-refractivity contribution in [2.75, 3.05) is 10.6 Å². The van der Waals surface area contributed by atoms with E-state index in [9.17, 15) is 4.79 Å². The van der Waals surface area contributed by atoms with Gasteiger partial charge in [0.15, 0.2) is 11.5 Å². The van der Waals surface area contributed by atoms with Crippen LogP contribution in [0.2, 0.25) is 0 Å². The van der Waals surface area contributed by atoms with Crippen LogP contribution in [-0.2, 0) is 6.42 Å². The van der Waals surface area contributed by atoms with Crippen LogP contribution < -0.4 is 10.6 Å². The molecule has 0 radical (unpaired) electrons. The lowest BCUT2D eigenvalue weighted by Crippen LogP contribution is -2.20. The third kappa shape index (κ3) is 4.27. The minimum absolute atomic E-state index is 0.296. The highest BCUT2D eigenvalue weighted by molar-refractivity contribution is 6.00. The number of hydrogen-bond donors (Lipinski definition) is 2. The third-order valence-electron chi connectivity index (χ3n) is 5.26. The number of para-hydroxylation sites is 1. The average molecular weight is 435 g/mol. The molecule has 0 saturated carbocycles. The van der Waals surface area contributed by atoms with E-state index in [1.807, 2.05) is 72.8 Å². The predicted molar refractivity (Wildman–Crippen MR) is 128 cm³/mol. The van der Waals surface area contributed by atoms with Crippen molar-refractivity contribution in [2.45, 2.75) is 13.3 Å². The summed E-state index contributed by atoms with van der Waals surface area (Å²) in [5, 5.41) is 19.0. The van der Waals surface area contributed by atoms with Crippen molar-refractivity contribution in [1.29, 1.82) is 0 Å². The van der Waals surface area contributed by atoms with Gasteiger partial charge in [-0.25, -0.2) is 4.79 Å². The molecule has 5 rings (SSSR count). The van der Waals surface area contributed by atoms with E-state index >= 15 is 0 Å². The molecule has 0 fully saturated rings. The smallest absolute Gasteiger partial charge is 0.308 e. The van der Waals surface area contributed by atoms with Gasteiger partial charge in [-0.3, -0.25) is 4.98 Å². The highest BCUT2D eigenvalue weighted by atomic mass is 16.2. The van der Waals surface area contributed by atoms with Gasteiger partial charge in [-0.15, -0.1) is 10.2 Å². The normalized spacial score (nSPS) is 10.8. The topological polar surface area (TPSA) is 97.1 Å². The summed E-state index contributed by atoms with van der Waals surface area (Å²) in [6, 6.07) is 22.5. The Morgan fingerprint density at radius 3 is 2.58 bits per heavy atom. The Balaban J connectivity index is 1.40. The average Bonchev–Trinajstić information content (AvgIpc) is 3.28. The van der Waals surface area contributed by atoms with Crippen LogP contribution in [0.5, 0.6) is 0 Å². The molecule has 0 atom stereocenters. The number of aromatic nitrogens is 5. The molecule has 0 saturated heterocycles. The van der Waals surface area contributed by atoms with Crippen molar-refractivity contribution in [3.8, 4) is 22.6 Å². The fourth-order valence-corrected chi connectivity index (χ4v) is 3.62. The molecule has 0 unspecified atom stereocenters. The van der Waals surface area contributed by atoms with Gasteiger partial charge in [0.05, 0.1) is 5.69 Å². The van der Waals surface area contributed by atoms with Crippen molar-refractivity contribution in [3.05, 3.63) is 90.8 Å². The summed E-state index contributed by atoms with van der Waals surface area (Å²) in [4.78, 5) is 16.6. The van der Waals surface area contributed by atoms with Crippen LogP contribution in [-0.4, -0.2) is 30.8 Å². The van der Waals surface area contributed by atoms with Crippen molar-refractivity contribution < 1.29 is 4.79 Å². The van der Waals surface area contributed by atoms with Gasteiger partial charge in [0, 0.05) is 34.9 Å². The SMILES string of the molecule is CCc1ccccc1NC(=O)Nc1cccc(-c2ccc3nnc(-c4ccncc4)n3n2)c1. The standard InChI is InChI=1S/C25H21N7O/c1-2-17-6-3-4-9-21(17)28-25(33)27-20-8-5-7-19(16-20)22-10-11-23-29-30-24(32(23)31-22)18-12-14-26-15-13-18/h3-16H,2H2,1H3,(H2,27,28,33). The summed E-state index contributed by atoms with van der Waals surface area (Å²) in [5.41, 5.74) is 5.67. The van der Waals surface area contributed by atoms with Crippen LogP contribution in [0.15, 0.2) is 85.2 Å². The van der Waals surface area contributed by atoms with E-state index in [1.54, 1.807) is 16.9 Å². The van der Waals surface area contributed by atoms with Gasteiger partial charge in [-0.2, -0.15) is 9.61 Å². The van der Waals surface area contributed by atoms with E-state index in [2.05, 4.69) is 32.7 Å². The molecule has 0 spiro atoms. The van der Waals surface area contributed by atoms with E-state index in [0.29, 0.717) is 17.2 Å². The zero-order chi connectivity index (χ0) is 22.6. The van der Waals surface area contributed by atoms with Crippen molar-refractivity contribution in [1.82, 2.24) is 24.8 Å². The molecule has 162 valence electrons. The Labute approximate surface area is 190 Å². The lowest BCUT2D eigenvalue weighted by molar-refractivity contribution is 0.262. The molecule has 0 bridgehead atoms. The largest absolute Gasteiger partial charge is 0.323 e. The molecule has 2 aromatic carbocycles. The molecule has 3 heterocycles. The molecule has 8 nitrogen and oxygen atoms in total. The zero-order valence-electron chi connectivity index (χ0n) is 17.9. The van der Waals surface area contributed by atoms with Crippen molar-refractivity contribution in [2.24, 2.45) is 0 Å². The number of benzene rings is 2. The third-order valence-corrected chi connectivity index (χ3v) is 5.26. The van der Waals surface area contributed by atoms with Crippen LogP contribution in [0.3, 0.4) is 0 Å². The first kappa shape index (κ1) is 20.3. The highest BCUT2D eigenvalue weighted by Crippen LogP contribution is 2.24. The number of anilines is 2. The van der Waals surface area contributed by atoms with Crippen molar-refractivity contribution in [3.63, 3.8) is 0 Å². The number of nitrogens with one attached hydrogen (secondary N) is 2. The summed E-state index contributed by atoms with van der Waals surface area (Å²) in [6.07, 6.45) is 4.25. The molecule has 3 aromatic heterocycles. The molecular weight excluding hydrogens is 414 g/mol. The number of hydrogen-bond acceptors (Lipinski definition) is 5. The Morgan fingerprint density at radius 2 is 1.73 bits per heavy atom. The fraction of sp³-hybridized carbons (Fsp3) is 0.0800. The number of urea groups is 1. The van der Waals surface area contributed by atoms with Gasteiger partial charge in [0.25, 0.3) is 0 Å². The number of rotatable bonds is 5. The van der Waals surface area contributed by atoms with E-state index < -0.39 is 0 Å². The minimum Gasteiger partial charge on any atom is -0.308 e. The Kier molecular flexibility index (Phi) is 5.47. The highest BCUT2D eigenvalue weighted by Gasteiger charge is 2.12. The van der Waals surface area contributed by atoms with E-state index in [0.717, 1.165) is 34.5 Å². The Bertz CT molecular complexity index is 1430. The predicted octanol–water partition coefficient (Wildman–Crippen LogP) is 5.06. The summed E-state index contributed by atoms with van der Waals surface area (Å²) >= 11 is 0. The maximum Gasteiger partial charge on any atom is 0.323 e. The van der Waals surface area contributed by atoms with Gasteiger partial charge >= 0.3 is 6.03 Å². The molecule has 33 heavy (non-hydrogen) atoms. The van der Waals surface area contributed by atoms with Gasteiger partial charge in [-0.1, -0.05) is 37.3 Å². The van der Waals surface area contributed by atoms with Crippen molar-refractivity contribution >= 4 is 23.1 Å². The maximum atomic E-state index is 12.6. The molecule has 0 aliphatic heterocycles. The second-order valence-electron chi connectivity index (χ2n) is 7.42. The molecule has 8 heteroatoms. The number of nitrogens with zero attached hydrogens (tertiary/aromatic N) is 5. The van der Waals surface area contributed by atoms with Gasteiger partial charge < -0.3 is 10.6 Å². The monoisotopic (exact) mass is 435 g/mol. The summed E-state index contributed by atoms with van der Waals surface area (Å²) in [6.45, 7) is 2.06. The number of pyridine rings is 1. The zero-order valence-corrected chi connectivity index (χ0v) is 17.9. The molecule has 2 N–H and O–H groups in total. The molecule has 2 amide bonds. The van der Waals surface area contributed by atoms with Gasteiger partial charge in [-0.05, 0) is 54.4 Å². The molecule has 5 aromatic rings. The molecule has 0 aliphatic carbocycles. The van der Waals surface area contributed by atoms with Gasteiger partial charge in [0.2, 0.25) is 0 Å². The number of fused-ring (bicyclic) bond motifs is 1. The quantitative estimate of drug-likeness (QED) is 0.402. The molecule has 0 aliphatic rings. The first-order valence-corrected chi connectivity index (χ1v) is 10.6. The van der Waals surface area contributed by atoms with E-state index in [1.165, 1.54) is 0 Å². The molecular formula is C25H21N7O. The number of carbonyl (C=O) groups excluding carboxylic acids is 1. The number of amides is 2. The van der Waals surface area contributed by atoms with Crippen LogP contribution in [0.4, 0.5) is 16.2 Å². The van der Waals surface area contributed by atoms with E-state index in [4.69, 9.17) is 5.10 Å². The lowest BCUT2D eigenvalue weighted by atomic mass is 10.1. The Hall–Kier alpha value is -4.59. The lowest BCUT2D eigenvalue weighted by Gasteiger charge is -2.11. The number of aryl methyl sites for hydroxylation is 1. The maximum absolute atomic E-state index is 12.6. The Morgan fingerprint density at radius 1 is 0.879 bits per heavy atom. The second kappa shape index (κ2) is 8.88. The summed E-state index contributed by atoms with van der Waals surface area (Å²) in [5.74, 6) is 0.637. The summed E-state index contributed by atoms with van der Waals surface area (Å²) in [7, 11) is 0. The number of carbonyl (C=O) groups is 1. The van der Waals surface area contributed by atoms with Crippen LogP contribution >= 0.6 is 0 Å². The minimum atomic E-state index is -0.296. The van der Waals surface area contributed by atoms with E-state index in [-0.39, 0.29) is 6.03 Å². The van der Waals surface area contributed by atoms with Crippen LogP contribution in [0.25, 0.3) is 28.3 Å². The summed E-state index contributed by atoms with van der Waals surface area (Å²) < 4.78 is 1.71. The fourth-order valence-electron chi connectivity index (χ4n) is 3.62. The van der Waals surface area contributed by atoms with Gasteiger partial charge in [0.1, 0.15) is 0 Å².